The van der Waals surface area contributed by atoms with Gasteiger partial charge in [0.25, 0.3) is 0 Å². The first-order chi connectivity index (χ1) is 11.4. The molecule has 2 aliphatic rings. The van der Waals surface area contributed by atoms with Crippen molar-refractivity contribution in [2.24, 2.45) is 0 Å². The Hall–Kier alpha value is -1.41. The Morgan fingerprint density at radius 2 is 1.96 bits per heavy atom. The maximum Gasteiger partial charge on any atom is 0.238 e. The van der Waals surface area contributed by atoms with E-state index in [0.717, 1.165) is 31.9 Å². The van der Waals surface area contributed by atoms with Crippen molar-refractivity contribution in [2.45, 2.75) is 32.1 Å². The predicted octanol–water partition coefficient (Wildman–Crippen LogP) is 0.439. The van der Waals surface area contributed by atoms with Gasteiger partial charge < -0.3 is 9.80 Å². The molecule has 1 heterocycles. The molecule has 0 aromatic rings. The summed E-state index contributed by atoms with van der Waals surface area (Å²) in [6.45, 7) is 2.15. The van der Waals surface area contributed by atoms with E-state index in [9.17, 15) is 18.0 Å². The van der Waals surface area contributed by atoms with Crippen LogP contribution in [0.3, 0.4) is 0 Å². The van der Waals surface area contributed by atoms with Crippen molar-refractivity contribution in [3.8, 4) is 0 Å². The average molecular weight is 357 g/mol. The topological polar surface area (TPSA) is 78.0 Å². The normalized spacial score (nSPS) is 19.3. The molecule has 1 fully saturated rings. The summed E-state index contributed by atoms with van der Waals surface area (Å²) in [5, 5.41) is 0. The molecule has 1 aliphatic carbocycles. The fourth-order valence-corrected chi connectivity index (χ4v) is 3.86. The zero-order valence-electron chi connectivity index (χ0n) is 14.3. The summed E-state index contributed by atoms with van der Waals surface area (Å²) < 4.78 is 25.3. The van der Waals surface area contributed by atoms with Crippen LogP contribution in [-0.4, -0.2) is 80.4 Å². The van der Waals surface area contributed by atoms with Crippen LogP contribution in [0.2, 0.25) is 0 Å². The lowest BCUT2D eigenvalue weighted by Crippen LogP contribution is -2.51. The summed E-state index contributed by atoms with van der Waals surface area (Å²) in [6.07, 6.45) is 9.27. The molecular formula is C16H27N3O4S. The molecule has 24 heavy (non-hydrogen) atoms. The minimum Gasteiger partial charge on any atom is -0.342 e. The number of amides is 2. The minimum atomic E-state index is -3.42. The van der Waals surface area contributed by atoms with Gasteiger partial charge in [0.15, 0.2) is 0 Å². The second kappa shape index (κ2) is 8.62. The molecule has 7 nitrogen and oxygen atoms in total. The van der Waals surface area contributed by atoms with E-state index in [-0.39, 0.29) is 12.5 Å². The lowest BCUT2D eigenvalue weighted by atomic mass is 9.97. The highest BCUT2D eigenvalue weighted by molar-refractivity contribution is 7.88. The first kappa shape index (κ1) is 18.9. The fraction of sp³-hybridized carbons (Fsp3) is 0.750. The van der Waals surface area contributed by atoms with Gasteiger partial charge in [0, 0.05) is 32.7 Å². The van der Waals surface area contributed by atoms with Gasteiger partial charge in [0.1, 0.15) is 0 Å². The van der Waals surface area contributed by atoms with E-state index in [1.54, 1.807) is 9.80 Å². The molecule has 2 amide bonds. The van der Waals surface area contributed by atoms with Gasteiger partial charge >= 0.3 is 0 Å². The van der Waals surface area contributed by atoms with Crippen molar-refractivity contribution in [3.05, 3.63) is 11.6 Å². The standard InChI is InChI=1S/C16H27N3O4S/c1-24(22,23)19(8-7-15-5-3-2-4-6-15)13-16(21)18-11-9-17(14-20)10-12-18/h5,14H,2-4,6-13H2,1H3. The summed E-state index contributed by atoms with van der Waals surface area (Å²) in [4.78, 5) is 26.4. The highest BCUT2D eigenvalue weighted by Crippen LogP contribution is 2.20. The summed E-state index contributed by atoms with van der Waals surface area (Å²) in [5.41, 5.74) is 1.29. The van der Waals surface area contributed by atoms with Crippen LogP contribution in [-0.2, 0) is 19.6 Å². The van der Waals surface area contributed by atoms with Gasteiger partial charge in [-0.05, 0) is 32.1 Å². The number of hydrogen-bond donors (Lipinski definition) is 0. The molecule has 0 bridgehead atoms. The van der Waals surface area contributed by atoms with Crippen molar-refractivity contribution in [3.63, 3.8) is 0 Å². The molecule has 0 unspecified atom stereocenters. The van der Waals surface area contributed by atoms with Crippen LogP contribution in [0.1, 0.15) is 32.1 Å². The molecule has 8 heteroatoms. The molecule has 0 saturated carbocycles. The number of sulfonamides is 1. The second-order valence-corrected chi connectivity index (χ2v) is 8.46. The molecule has 0 spiro atoms. The number of piperazine rings is 1. The van der Waals surface area contributed by atoms with Gasteiger partial charge in [0.2, 0.25) is 22.3 Å². The molecule has 0 atom stereocenters. The Balaban J connectivity index is 1.90. The molecular weight excluding hydrogens is 330 g/mol. The van der Waals surface area contributed by atoms with E-state index in [0.29, 0.717) is 39.1 Å². The fourth-order valence-electron chi connectivity index (χ4n) is 3.09. The number of carbonyl (C=O) groups is 2. The van der Waals surface area contributed by atoms with Gasteiger partial charge in [-0.15, -0.1) is 0 Å². The van der Waals surface area contributed by atoms with Crippen molar-refractivity contribution in [1.82, 2.24) is 14.1 Å². The van der Waals surface area contributed by atoms with Crippen LogP contribution >= 0.6 is 0 Å². The van der Waals surface area contributed by atoms with Crippen LogP contribution in [0.4, 0.5) is 0 Å². The van der Waals surface area contributed by atoms with Crippen molar-refractivity contribution < 1.29 is 18.0 Å². The molecule has 0 aromatic heterocycles. The molecule has 0 radical (unpaired) electrons. The monoisotopic (exact) mass is 357 g/mol. The van der Waals surface area contributed by atoms with Gasteiger partial charge in [-0.3, -0.25) is 9.59 Å². The van der Waals surface area contributed by atoms with Crippen molar-refractivity contribution >= 4 is 22.3 Å². The third-order valence-electron chi connectivity index (χ3n) is 4.66. The Morgan fingerprint density at radius 1 is 1.25 bits per heavy atom. The largest absolute Gasteiger partial charge is 0.342 e. The molecule has 1 aliphatic heterocycles. The third-order valence-corrected chi connectivity index (χ3v) is 5.91. The van der Waals surface area contributed by atoms with Crippen LogP contribution in [0.15, 0.2) is 11.6 Å². The SMILES string of the molecule is CS(=O)(=O)N(CCC1=CCCCC1)CC(=O)N1CCN(C=O)CC1. The predicted molar refractivity (Wildman–Crippen MR) is 91.8 cm³/mol. The van der Waals surface area contributed by atoms with Crippen LogP contribution in [0.25, 0.3) is 0 Å². The number of carbonyl (C=O) groups excluding carboxylic acids is 2. The third kappa shape index (κ3) is 5.59. The van der Waals surface area contributed by atoms with Crippen LogP contribution in [0.5, 0.6) is 0 Å². The summed E-state index contributed by atoms with van der Waals surface area (Å²) >= 11 is 0. The zero-order valence-corrected chi connectivity index (χ0v) is 15.1. The molecule has 0 N–H and O–H groups in total. The van der Waals surface area contributed by atoms with Gasteiger partial charge in [-0.25, -0.2) is 8.42 Å². The molecule has 136 valence electrons. The second-order valence-electron chi connectivity index (χ2n) is 6.48. The Bertz CT molecular complexity index is 580. The summed E-state index contributed by atoms with van der Waals surface area (Å²) in [6, 6.07) is 0. The van der Waals surface area contributed by atoms with Gasteiger partial charge in [-0.1, -0.05) is 11.6 Å². The Morgan fingerprint density at radius 3 is 2.50 bits per heavy atom. The lowest BCUT2D eigenvalue weighted by Gasteiger charge is -2.33. The highest BCUT2D eigenvalue weighted by Gasteiger charge is 2.26. The minimum absolute atomic E-state index is 0.118. The maximum absolute atomic E-state index is 12.4. The smallest absolute Gasteiger partial charge is 0.238 e. The lowest BCUT2D eigenvalue weighted by molar-refractivity contribution is -0.135. The first-order valence-electron chi connectivity index (χ1n) is 8.50. The van der Waals surface area contributed by atoms with Crippen LogP contribution < -0.4 is 0 Å². The number of rotatable bonds is 7. The average Bonchev–Trinajstić information content (AvgIpc) is 2.58. The molecule has 2 rings (SSSR count). The number of nitrogens with zero attached hydrogens (tertiary/aromatic N) is 3. The van der Waals surface area contributed by atoms with Crippen LogP contribution in [0, 0.1) is 0 Å². The van der Waals surface area contributed by atoms with Gasteiger partial charge in [-0.2, -0.15) is 4.31 Å². The molecule has 0 aromatic carbocycles. The summed E-state index contributed by atoms with van der Waals surface area (Å²) in [5.74, 6) is -0.191. The van der Waals surface area contributed by atoms with Crippen molar-refractivity contribution in [2.75, 3.05) is 45.5 Å². The summed E-state index contributed by atoms with van der Waals surface area (Å²) in [7, 11) is -3.42. The van der Waals surface area contributed by atoms with E-state index >= 15 is 0 Å². The van der Waals surface area contributed by atoms with E-state index in [1.165, 1.54) is 16.3 Å². The maximum atomic E-state index is 12.4. The highest BCUT2D eigenvalue weighted by atomic mass is 32.2. The van der Waals surface area contributed by atoms with E-state index in [1.807, 2.05) is 0 Å². The number of allylic oxidation sites excluding steroid dienone is 1. The Kier molecular flexibility index (Phi) is 6.79. The van der Waals surface area contributed by atoms with E-state index < -0.39 is 10.0 Å². The van der Waals surface area contributed by atoms with Gasteiger partial charge in [0.05, 0.1) is 12.8 Å². The number of hydrogen-bond acceptors (Lipinski definition) is 4. The first-order valence-corrected chi connectivity index (χ1v) is 10.3. The van der Waals surface area contributed by atoms with Crippen molar-refractivity contribution in [1.29, 1.82) is 0 Å². The Labute approximate surface area is 144 Å². The molecule has 1 saturated heterocycles. The van der Waals surface area contributed by atoms with E-state index in [4.69, 9.17) is 0 Å². The zero-order chi connectivity index (χ0) is 17.6. The quantitative estimate of drug-likeness (QED) is 0.489. The van der Waals surface area contributed by atoms with E-state index in [2.05, 4.69) is 6.08 Å².